The molecule has 21 heavy (non-hydrogen) atoms. The van der Waals surface area contributed by atoms with Crippen molar-refractivity contribution in [1.29, 1.82) is 0 Å². The van der Waals surface area contributed by atoms with E-state index in [0.29, 0.717) is 5.75 Å². The highest BCUT2D eigenvalue weighted by Gasteiger charge is 2.19. The predicted molar refractivity (Wildman–Crippen MR) is 75.3 cm³/mol. The highest BCUT2D eigenvalue weighted by atomic mass is 16.5. The minimum atomic E-state index is -1.11. The third-order valence-electron chi connectivity index (χ3n) is 2.69. The molecule has 0 unspecified atom stereocenters. The first kappa shape index (κ1) is 14.5. The standard InChI is InChI=1S/C15H14N2O4/c1-10(15(19)20)17-13(18)12-8-5-9-16-14(12)21-11-6-3-2-4-7-11/h2-10H,1H3,(H,17,18)(H,19,20)/t10-/m0/s1. The van der Waals surface area contributed by atoms with E-state index >= 15 is 0 Å². The molecule has 1 aromatic heterocycles. The Balaban J connectivity index is 2.20. The normalized spacial score (nSPS) is 11.5. The number of carboxylic acids is 1. The monoisotopic (exact) mass is 286 g/mol. The summed E-state index contributed by atoms with van der Waals surface area (Å²) in [5.41, 5.74) is 0.175. The molecular weight excluding hydrogens is 272 g/mol. The first-order valence-electron chi connectivity index (χ1n) is 6.29. The van der Waals surface area contributed by atoms with E-state index in [1.807, 2.05) is 6.07 Å². The molecule has 1 amide bonds. The SMILES string of the molecule is C[C@H](NC(=O)c1cccnc1Oc1ccccc1)C(=O)O. The van der Waals surface area contributed by atoms with E-state index < -0.39 is 17.9 Å². The fourth-order valence-electron chi connectivity index (χ4n) is 1.58. The largest absolute Gasteiger partial charge is 0.480 e. The van der Waals surface area contributed by atoms with E-state index in [9.17, 15) is 9.59 Å². The zero-order valence-electron chi connectivity index (χ0n) is 11.3. The van der Waals surface area contributed by atoms with Crippen LogP contribution < -0.4 is 10.1 Å². The molecule has 6 heteroatoms. The van der Waals surface area contributed by atoms with Crippen molar-refractivity contribution in [3.8, 4) is 11.6 Å². The van der Waals surface area contributed by atoms with Crippen LogP contribution >= 0.6 is 0 Å². The van der Waals surface area contributed by atoms with Gasteiger partial charge in [-0.25, -0.2) is 4.98 Å². The van der Waals surface area contributed by atoms with E-state index in [2.05, 4.69) is 10.3 Å². The lowest BCUT2D eigenvalue weighted by Crippen LogP contribution is -2.38. The number of amides is 1. The van der Waals surface area contributed by atoms with Crippen LogP contribution in [-0.2, 0) is 4.79 Å². The Morgan fingerprint density at radius 1 is 1.19 bits per heavy atom. The predicted octanol–water partition coefficient (Wildman–Crippen LogP) is 2.08. The lowest BCUT2D eigenvalue weighted by molar-refractivity contribution is -0.138. The first-order valence-corrected chi connectivity index (χ1v) is 6.29. The Hall–Kier alpha value is -2.89. The fraction of sp³-hybridized carbons (Fsp3) is 0.133. The summed E-state index contributed by atoms with van der Waals surface area (Å²) in [7, 11) is 0. The number of para-hydroxylation sites is 1. The molecule has 0 spiro atoms. The Labute approximate surface area is 121 Å². The van der Waals surface area contributed by atoms with Crippen molar-refractivity contribution in [3.63, 3.8) is 0 Å². The van der Waals surface area contributed by atoms with Crippen molar-refractivity contribution in [2.45, 2.75) is 13.0 Å². The van der Waals surface area contributed by atoms with Gasteiger partial charge in [0.05, 0.1) is 0 Å². The number of carbonyl (C=O) groups excluding carboxylic acids is 1. The molecule has 2 rings (SSSR count). The molecule has 0 aliphatic carbocycles. The summed E-state index contributed by atoms with van der Waals surface area (Å²) in [5.74, 6) is -1.00. The summed E-state index contributed by atoms with van der Waals surface area (Å²) in [6.07, 6.45) is 1.50. The number of aromatic nitrogens is 1. The zero-order chi connectivity index (χ0) is 15.2. The second-order valence-corrected chi connectivity index (χ2v) is 4.30. The average molecular weight is 286 g/mol. The maximum atomic E-state index is 12.1. The van der Waals surface area contributed by atoms with E-state index in [1.165, 1.54) is 19.2 Å². The molecule has 0 radical (unpaired) electrons. The maximum Gasteiger partial charge on any atom is 0.325 e. The highest BCUT2D eigenvalue weighted by molar-refractivity contribution is 5.98. The average Bonchev–Trinajstić information content (AvgIpc) is 2.48. The maximum absolute atomic E-state index is 12.1. The topological polar surface area (TPSA) is 88.5 Å². The van der Waals surface area contributed by atoms with Gasteiger partial charge in [-0.1, -0.05) is 18.2 Å². The van der Waals surface area contributed by atoms with Crippen molar-refractivity contribution < 1.29 is 19.4 Å². The van der Waals surface area contributed by atoms with Gasteiger partial charge in [-0.2, -0.15) is 0 Å². The molecule has 2 N–H and O–H groups in total. The Bertz CT molecular complexity index is 643. The third-order valence-corrected chi connectivity index (χ3v) is 2.69. The molecule has 108 valence electrons. The van der Waals surface area contributed by atoms with E-state index in [1.54, 1.807) is 30.3 Å². The number of ether oxygens (including phenoxy) is 1. The fourth-order valence-corrected chi connectivity index (χ4v) is 1.58. The molecule has 0 aliphatic rings. The molecule has 1 atom stereocenters. The summed E-state index contributed by atoms with van der Waals surface area (Å²) in [5, 5.41) is 11.2. The second-order valence-electron chi connectivity index (χ2n) is 4.30. The Kier molecular flexibility index (Phi) is 4.50. The second kappa shape index (κ2) is 6.51. The lowest BCUT2D eigenvalue weighted by atomic mass is 10.2. The summed E-state index contributed by atoms with van der Waals surface area (Å²) < 4.78 is 5.55. The van der Waals surface area contributed by atoms with Gasteiger partial charge in [-0.3, -0.25) is 9.59 Å². The molecule has 1 aromatic carbocycles. The van der Waals surface area contributed by atoms with Gasteiger partial charge in [-0.05, 0) is 31.2 Å². The van der Waals surface area contributed by atoms with Gasteiger partial charge in [0, 0.05) is 6.20 Å². The molecule has 2 aromatic rings. The van der Waals surface area contributed by atoms with Gasteiger partial charge >= 0.3 is 5.97 Å². The number of carboxylic acid groups (broad SMARTS) is 1. The molecule has 1 heterocycles. The number of hydrogen-bond acceptors (Lipinski definition) is 4. The Morgan fingerprint density at radius 2 is 1.90 bits per heavy atom. The number of nitrogens with one attached hydrogen (secondary N) is 1. The molecule has 0 saturated carbocycles. The van der Waals surface area contributed by atoms with Crippen LogP contribution in [0.2, 0.25) is 0 Å². The summed E-state index contributed by atoms with van der Waals surface area (Å²) in [6.45, 7) is 1.38. The van der Waals surface area contributed by atoms with Crippen LogP contribution in [-0.4, -0.2) is 28.0 Å². The number of benzene rings is 1. The van der Waals surface area contributed by atoms with Gasteiger partial charge < -0.3 is 15.2 Å². The van der Waals surface area contributed by atoms with Gasteiger partial charge in [0.1, 0.15) is 17.4 Å². The molecule has 0 bridgehead atoms. The van der Waals surface area contributed by atoms with Gasteiger partial charge in [0.25, 0.3) is 5.91 Å². The quantitative estimate of drug-likeness (QED) is 0.878. The highest BCUT2D eigenvalue weighted by Crippen LogP contribution is 2.22. The van der Waals surface area contributed by atoms with E-state index in [-0.39, 0.29) is 11.4 Å². The number of carbonyl (C=O) groups is 2. The summed E-state index contributed by atoms with van der Waals surface area (Å²) >= 11 is 0. The lowest BCUT2D eigenvalue weighted by Gasteiger charge is -2.12. The zero-order valence-corrected chi connectivity index (χ0v) is 11.3. The Morgan fingerprint density at radius 3 is 2.57 bits per heavy atom. The number of nitrogens with zero attached hydrogens (tertiary/aromatic N) is 1. The van der Waals surface area contributed by atoms with E-state index in [0.717, 1.165) is 0 Å². The number of rotatable bonds is 5. The first-order chi connectivity index (χ1) is 10.1. The van der Waals surface area contributed by atoms with Crippen molar-refractivity contribution in [1.82, 2.24) is 10.3 Å². The van der Waals surface area contributed by atoms with Crippen LogP contribution in [0, 0.1) is 0 Å². The number of aliphatic carboxylic acids is 1. The van der Waals surface area contributed by atoms with Crippen LogP contribution in [0.15, 0.2) is 48.7 Å². The molecule has 0 fully saturated rings. The molecule has 6 nitrogen and oxygen atoms in total. The van der Waals surface area contributed by atoms with Crippen LogP contribution in [0.25, 0.3) is 0 Å². The van der Waals surface area contributed by atoms with Gasteiger partial charge in [-0.15, -0.1) is 0 Å². The number of hydrogen-bond donors (Lipinski definition) is 2. The van der Waals surface area contributed by atoms with Crippen LogP contribution in [0.4, 0.5) is 0 Å². The van der Waals surface area contributed by atoms with Crippen molar-refractivity contribution >= 4 is 11.9 Å². The molecular formula is C15H14N2O4. The van der Waals surface area contributed by atoms with Crippen LogP contribution in [0.1, 0.15) is 17.3 Å². The van der Waals surface area contributed by atoms with E-state index in [4.69, 9.17) is 9.84 Å². The number of pyridine rings is 1. The summed E-state index contributed by atoms with van der Waals surface area (Å²) in [4.78, 5) is 26.9. The minimum Gasteiger partial charge on any atom is -0.480 e. The van der Waals surface area contributed by atoms with Crippen molar-refractivity contribution in [2.24, 2.45) is 0 Å². The van der Waals surface area contributed by atoms with Gasteiger partial charge in [0.2, 0.25) is 5.88 Å². The smallest absolute Gasteiger partial charge is 0.325 e. The third kappa shape index (κ3) is 3.79. The van der Waals surface area contributed by atoms with Crippen LogP contribution in [0.3, 0.4) is 0 Å². The molecule has 0 saturated heterocycles. The molecule has 0 aliphatic heterocycles. The van der Waals surface area contributed by atoms with Crippen molar-refractivity contribution in [2.75, 3.05) is 0 Å². The van der Waals surface area contributed by atoms with Gasteiger partial charge in [0.15, 0.2) is 0 Å². The summed E-state index contributed by atoms with van der Waals surface area (Å²) in [6, 6.07) is 11.0. The minimum absolute atomic E-state index is 0.124. The van der Waals surface area contributed by atoms with Crippen LogP contribution in [0.5, 0.6) is 11.6 Å². The van der Waals surface area contributed by atoms with Crippen molar-refractivity contribution in [3.05, 3.63) is 54.2 Å².